The van der Waals surface area contributed by atoms with Crippen LogP contribution in [0, 0.1) is 0 Å². The van der Waals surface area contributed by atoms with Crippen LogP contribution in [-0.2, 0) is 6.18 Å². The zero-order valence-electron chi connectivity index (χ0n) is 23.7. The third-order valence-electron chi connectivity index (χ3n) is 8.10. The molecule has 11 heteroatoms. The molecule has 2 aromatic carbocycles. The van der Waals surface area contributed by atoms with E-state index in [9.17, 15) is 22.8 Å². The van der Waals surface area contributed by atoms with Crippen molar-refractivity contribution in [2.45, 2.75) is 31.4 Å². The molecule has 0 spiro atoms. The molecule has 1 N–H and O–H groups in total. The number of alkyl halides is 3. The number of halogens is 3. The van der Waals surface area contributed by atoms with Gasteiger partial charge in [0.1, 0.15) is 5.69 Å². The van der Waals surface area contributed by atoms with E-state index in [4.69, 9.17) is 0 Å². The lowest BCUT2D eigenvalue weighted by molar-refractivity contribution is -0.137. The van der Waals surface area contributed by atoms with Gasteiger partial charge in [-0.1, -0.05) is 30.3 Å². The van der Waals surface area contributed by atoms with Crippen LogP contribution in [0.25, 0.3) is 11.1 Å². The Labute approximate surface area is 248 Å². The Kier molecular flexibility index (Phi) is 9.60. The molecule has 0 radical (unpaired) electrons. The van der Waals surface area contributed by atoms with E-state index in [0.717, 1.165) is 69.1 Å². The van der Waals surface area contributed by atoms with E-state index in [1.165, 1.54) is 23.5 Å². The van der Waals surface area contributed by atoms with E-state index in [0.29, 0.717) is 42.0 Å². The van der Waals surface area contributed by atoms with Crippen LogP contribution in [0.3, 0.4) is 0 Å². The molecule has 2 aliphatic rings. The number of piperazine rings is 1. The third-order valence-corrected chi connectivity index (χ3v) is 9.11. The number of amides is 2. The second kappa shape index (κ2) is 13.4. The molecule has 3 aromatic rings. The summed E-state index contributed by atoms with van der Waals surface area (Å²) >= 11 is 1.49. The zero-order chi connectivity index (χ0) is 29.7. The summed E-state index contributed by atoms with van der Waals surface area (Å²) in [6.45, 7) is 6.96. The zero-order valence-corrected chi connectivity index (χ0v) is 24.5. The molecule has 0 bridgehead atoms. The molecule has 0 unspecified atom stereocenters. The highest BCUT2D eigenvalue weighted by Gasteiger charge is 2.31. The fourth-order valence-electron chi connectivity index (χ4n) is 5.51. The van der Waals surface area contributed by atoms with Crippen LogP contribution in [-0.4, -0.2) is 90.9 Å². The van der Waals surface area contributed by atoms with Gasteiger partial charge in [0.2, 0.25) is 0 Å². The van der Waals surface area contributed by atoms with Gasteiger partial charge in [0.05, 0.1) is 10.6 Å². The van der Waals surface area contributed by atoms with E-state index in [2.05, 4.69) is 27.1 Å². The minimum absolute atomic E-state index is 0.139. The highest BCUT2D eigenvalue weighted by Crippen LogP contribution is 2.34. The fraction of sp³-hybridized carbons (Fsp3) is 0.452. The van der Waals surface area contributed by atoms with E-state index in [-0.39, 0.29) is 17.7 Å². The van der Waals surface area contributed by atoms with Gasteiger partial charge in [0.15, 0.2) is 0 Å². The van der Waals surface area contributed by atoms with Gasteiger partial charge in [0, 0.05) is 62.7 Å². The molecule has 224 valence electrons. The Morgan fingerprint density at radius 1 is 0.976 bits per heavy atom. The number of nitrogens with zero attached hydrogens (tertiary/aromatic N) is 4. The van der Waals surface area contributed by atoms with Crippen molar-refractivity contribution in [2.75, 3.05) is 59.4 Å². The maximum Gasteiger partial charge on any atom is 0.416 e. The van der Waals surface area contributed by atoms with Crippen LogP contribution in [0.5, 0.6) is 0 Å². The van der Waals surface area contributed by atoms with Gasteiger partial charge in [-0.15, -0.1) is 11.3 Å². The molecule has 2 saturated heterocycles. The molecule has 42 heavy (non-hydrogen) atoms. The number of aromatic nitrogens is 1. The molecule has 5 rings (SSSR count). The lowest BCUT2D eigenvalue weighted by atomic mass is 9.94. The van der Waals surface area contributed by atoms with Crippen LogP contribution >= 0.6 is 11.3 Å². The highest BCUT2D eigenvalue weighted by atomic mass is 32.1. The van der Waals surface area contributed by atoms with Crippen molar-refractivity contribution in [1.82, 2.24) is 25.0 Å². The highest BCUT2D eigenvalue weighted by molar-refractivity contribution is 7.09. The van der Waals surface area contributed by atoms with Gasteiger partial charge in [-0.25, -0.2) is 4.98 Å². The number of thiazole rings is 1. The summed E-state index contributed by atoms with van der Waals surface area (Å²) in [7, 11) is 2.14. The van der Waals surface area contributed by atoms with E-state index < -0.39 is 11.7 Å². The third kappa shape index (κ3) is 7.37. The quantitative estimate of drug-likeness (QED) is 0.360. The molecule has 7 nitrogen and oxygen atoms in total. The SMILES string of the molecule is CN1CCN(CCCNC(=O)c2csc(C3CCN(C(=O)c4ccccc4-c4ccc(C(F)(F)F)cc4)CC3)n2)CC1. The Morgan fingerprint density at radius 3 is 2.36 bits per heavy atom. The van der Waals surface area contributed by atoms with Gasteiger partial charge in [-0.2, -0.15) is 13.2 Å². The lowest BCUT2D eigenvalue weighted by Crippen LogP contribution is -2.45. The molecule has 1 aromatic heterocycles. The topological polar surface area (TPSA) is 68.8 Å². The van der Waals surface area contributed by atoms with Gasteiger partial charge < -0.3 is 20.0 Å². The summed E-state index contributed by atoms with van der Waals surface area (Å²) in [6.07, 6.45) is -2.05. The number of likely N-dealkylation sites (N-methyl/N-ethyl adjacent to an activating group) is 1. The number of carbonyl (C=O) groups excluding carboxylic acids is 2. The molecular formula is C31H36F3N5O2S. The monoisotopic (exact) mass is 599 g/mol. The number of rotatable bonds is 8. The van der Waals surface area contributed by atoms with Gasteiger partial charge in [0.25, 0.3) is 11.8 Å². The normalized spacial score (nSPS) is 17.4. The van der Waals surface area contributed by atoms with Crippen molar-refractivity contribution in [2.24, 2.45) is 0 Å². The van der Waals surface area contributed by atoms with Crippen molar-refractivity contribution in [3.8, 4) is 11.1 Å². The second-order valence-corrected chi connectivity index (χ2v) is 11.9. The largest absolute Gasteiger partial charge is 0.416 e. The lowest BCUT2D eigenvalue weighted by Gasteiger charge is -2.32. The molecule has 0 saturated carbocycles. The Hall–Kier alpha value is -3.28. The first-order chi connectivity index (χ1) is 20.2. The number of hydrogen-bond donors (Lipinski definition) is 1. The standard InChI is InChI=1S/C31H36F3N5O2S/c1-37-17-19-38(20-18-37)14-4-13-35-28(40)27-21-42-29(36-27)23-11-15-39(16-12-23)30(41)26-6-3-2-5-25(26)22-7-9-24(10-8-22)31(32,33)34/h2-3,5-10,21,23H,4,11-20H2,1H3,(H,35,40). The number of benzene rings is 2. The van der Waals surface area contributed by atoms with Crippen LogP contribution < -0.4 is 5.32 Å². The number of carbonyl (C=O) groups is 2. The van der Waals surface area contributed by atoms with E-state index in [1.54, 1.807) is 29.2 Å². The van der Waals surface area contributed by atoms with E-state index >= 15 is 0 Å². The van der Waals surface area contributed by atoms with Crippen LogP contribution in [0.4, 0.5) is 13.2 Å². The van der Waals surface area contributed by atoms with Crippen LogP contribution in [0.15, 0.2) is 53.9 Å². The summed E-state index contributed by atoms with van der Waals surface area (Å²) in [5, 5.41) is 5.71. The second-order valence-electron chi connectivity index (χ2n) is 11.0. The summed E-state index contributed by atoms with van der Waals surface area (Å²) in [6, 6.07) is 11.9. The number of likely N-dealkylation sites (tertiary alicyclic amines) is 1. The number of nitrogens with one attached hydrogen (secondary N) is 1. The first-order valence-electron chi connectivity index (χ1n) is 14.4. The van der Waals surface area contributed by atoms with Gasteiger partial charge in [-0.3, -0.25) is 9.59 Å². The summed E-state index contributed by atoms with van der Waals surface area (Å²) in [5.74, 6) is -0.119. The molecular weight excluding hydrogens is 563 g/mol. The summed E-state index contributed by atoms with van der Waals surface area (Å²) in [5.41, 5.74) is 1.36. The van der Waals surface area contributed by atoms with Crippen molar-refractivity contribution < 1.29 is 22.8 Å². The molecule has 2 aliphatic heterocycles. The van der Waals surface area contributed by atoms with Crippen molar-refractivity contribution in [1.29, 1.82) is 0 Å². The average Bonchev–Trinajstić information content (AvgIpc) is 3.50. The van der Waals surface area contributed by atoms with Crippen LogP contribution in [0.2, 0.25) is 0 Å². The predicted molar refractivity (Wildman–Crippen MR) is 158 cm³/mol. The Morgan fingerprint density at radius 2 is 1.67 bits per heavy atom. The number of hydrogen-bond acceptors (Lipinski definition) is 6. The molecule has 3 heterocycles. The first kappa shape index (κ1) is 30.2. The first-order valence-corrected chi connectivity index (χ1v) is 15.3. The average molecular weight is 600 g/mol. The van der Waals surface area contributed by atoms with Crippen molar-refractivity contribution >= 4 is 23.2 Å². The summed E-state index contributed by atoms with van der Waals surface area (Å²) in [4.78, 5) is 37.3. The number of piperidine rings is 1. The maximum atomic E-state index is 13.5. The molecule has 0 aliphatic carbocycles. The van der Waals surface area contributed by atoms with Gasteiger partial charge in [-0.05, 0) is 62.2 Å². The predicted octanol–water partition coefficient (Wildman–Crippen LogP) is 5.22. The van der Waals surface area contributed by atoms with E-state index in [1.807, 2.05) is 5.38 Å². The minimum Gasteiger partial charge on any atom is -0.351 e. The van der Waals surface area contributed by atoms with Crippen LogP contribution in [0.1, 0.15) is 56.6 Å². The minimum atomic E-state index is -4.41. The molecule has 2 amide bonds. The molecule has 2 fully saturated rings. The summed E-state index contributed by atoms with van der Waals surface area (Å²) < 4.78 is 39.0. The van der Waals surface area contributed by atoms with Crippen molar-refractivity contribution in [3.63, 3.8) is 0 Å². The Balaban J connectivity index is 1.12. The van der Waals surface area contributed by atoms with Crippen molar-refractivity contribution in [3.05, 3.63) is 75.7 Å². The maximum absolute atomic E-state index is 13.5. The fourth-order valence-corrected chi connectivity index (χ4v) is 6.48. The smallest absolute Gasteiger partial charge is 0.351 e. The van der Waals surface area contributed by atoms with Gasteiger partial charge >= 0.3 is 6.18 Å². The Bertz CT molecular complexity index is 1360. The molecule has 0 atom stereocenters.